The Morgan fingerprint density at radius 1 is 1.33 bits per heavy atom. The fraction of sp³-hybridized carbons (Fsp3) is 0.333. The molecule has 9 heteroatoms. The SMILES string of the molecule is CCOC(=O)C(=[N+]=[N-])C(O)(c1ccc(F)cc1)C(F)(F)F. The Hall–Kier alpha value is -2.25. The number of carbonyl (C=O) groups is 1. The highest BCUT2D eigenvalue weighted by Gasteiger charge is 2.66. The highest BCUT2D eigenvalue weighted by molar-refractivity contribution is 6.37. The van der Waals surface area contributed by atoms with E-state index in [1.165, 1.54) is 6.92 Å². The van der Waals surface area contributed by atoms with Crippen LogP contribution in [0.2, 0.25) is 0 Å². The molecule has 114 valence electrons. The minimum atomic E-state index is -5.40. The first-order valence-electron chi connectivity index (χ1n) is 5.63. The van der Waals surface area contributed by atoms with E-state index in [0.29, 0.717) is 24.3 Å². The zero-order valence-electron chi connectivity index (χ0n) is 10.7. The molecule has 0 bridgehead atoms. The van der Waals surface area contributed by atoms with Crippen molar-refractivity contribution in [2.75, 3.05) is 6.61 Å². The molecule has 0 heterocycles. The molecule has 0 aromatic heterocycles. The van der Waals surface area contributed by atoms with Gasteiger partial charge in [-0.1, -0.05) is 12.1 Å². The van der Waals surface area contributed by atoms with E-state index in [1.807, 2.05) is 0 Å². The van der Waals surface area contributed by atoms with Gasteiger partial charge in [0.1, 0.15) is 5.82 Å². The van der Waals surface area contributed by atoms with Crippen molar-refractivity contribution in [1.29, 1.82) is 0 Å². The van der Waals surface area contributed by atoms with E-state index >= 15 is 0 Å². The number of rotatable bonds is 4. The summed E-state index contributed by atoms with van der Waals surface area (Å²) in [7, 11) is 0. The van der Waals surface area contributed by atoms with Crippen LogP contribution in [0.25, 0.3) is 5.53 Å². The summed E-state index contributed by atoms with van der Waals surface area (Å²) in [6.45, 7) is 1.02. The number of nitrogens with zero attached hydrogens (tertiary/aromatic N) is 2. The molecule has 1 aromatic rings. The minimum Gasteiger partial charge on any atom is -0.457 e. The molecular formula is C12H10F4N2O3. The maximum absolute atomic E-state index is 13.2. The number of ether oxygens (including phenoxy) is 1. The normalized spacial score (nSPS) is 14.0. The molecule has 0 radical (unpaired) electrons. The third-order valence-corrected chi connectivity index (χ3v) is 2.58. The largest absolute Gasteiger partial charge is 0.457 e. The van der Waals surface area contributed by atoms with Gasteiger partial charge in [-0.2, -0.15) is 18.0 Å². The van der Waals surface area contributed by atoms with Gasteiger partial charge in [-0.05, 0) is 19.1 Å². The Morgan fingerprint density at radius 3 is 2.24 bits per heavy atom. The molecule has 0 saturated carbocycles. The summed E-state index contributed by atoms with van der Waals surface area (Å²) < 4.78 is 56.7. The molecule has 0 aliphatic rings. The highest BCUT2D eigenvalue weighted by Crippen LogP contribution is 2.40. The monoisotopic (exact) mass is 306 g/mol. The lowest BCUT2D eigenvalue weighted by atomic mass is 9.88. The average molecular weight is 306 g/mol. The predicted octanol–water partition coefficient (Wildman–Crippen LogP) is 1.81. The van der Waals surface area contributed by atoms with Gasteiger partial charge < -0.3 is 15.4 Å². The molecule has 0 aliphatic carbocycles. The smallest absolute Gasteiger partial charge is 0.433 e. The van der Waals surface area contributed by atoms with Crippen molar-refractivity contribution in [3.05, 3.63) is 41.2 Å². The summed E-state index contributed by atoms with van der Waals surface area (Å²) in [6.07, 6.45) is -5.40. The van der Waals surface area contributed by atoms with Crippen LogP contribution in [0.1, 0.15) is 12.5 Å². The topological polar surface area (TPSA) is 82.9 Å². The third kappa shape index (κ3) is 3.09. The number of alkyl halides is 3. The van der Waals surface area contributed by atoms with Gasteiger partial charge in [-0.3, -0.25) is 0 Å². The van der Waals surface area contributed by atoms with Crippen molar-refractivity contribution >= 4 is 11.7 Å². The summed E-state index contributed by atoms with van der Waals surface area (Å²) in [6, 6.07) is 2.55. The molecule has 5 nitrogen and oxygen atoms in total. The van der Waals surface area contributed by atoms with E-state index < -0.39 is 34.8 Å². The van der Waals surface area contributed by atoms with Gasteiger partial charge in [0.2, 0.25) is 0 Å². The fourth-order valence-corrected chi connectivity index (χ4v) is 1.59. The number of hydrogen-bond donors (Lipinski definition) is 1. The molecule has 1 rings (SSSR count). The van der Waals surface area contributed by atoms with Crippen LogP contribution in [-0.4, -0.2) is 34.4 Å². The lowest BCUT2D eigenvalue weighted by molar-refractivity contribution is -0.247. The summed E-state index contributed by atoms with van der Waals surface area (Å²) in [4.78, 5) is 13.7. The van der Waals surface area contributed by atoms with Crippen LogP contribution in [-0.2, 0) is 15.1 Å². The van der Waals surface area contributed by atoms with Crippen molar-refractivity contribution in [1.82, 2.24) is 0 Å². The summed E-state index contributed by atoms with van der Waals surface area (Å²) >= 11 is 0. The van der Waals surface area contributed by atoms with Crippen LogP contribution in [0.3, 0.4) is 0 Å². The Balaban J connectivity index is 3.51. The second kappa shape index (κ2) is 6.02. The number of benzene rings is 1. The number of hydrogen-bond acceptors (Lipinski definition) is 3. The van der Waals surface area contributed by atoms with Crippen LogP contribution >= 0.6 is 0 Å². The van der Waals surface area contributed by atoms with Gasteiger partial charge in [0.05, 0.1) is 6.61 Å². The molecule has 1 N–H and O–H groups in total. The van der Waals surface area contributed by atoms with E-state index in [-0.39, 0.29) is 6.61 Å². The summed E-state index contributed by atoms with van der Waals surface area (Å²) in [5, 5.41) is 9.93. The van der Waals surface area contributed by atoms with Crippen LogP contribution in [0, 0.1) is 5.82 Å². The van der Waals surface area contributed by atoms with E-state index in [0.717, 1.165) is 0 Å². The summed E-state index contributed by atoms with van der Waals surface area (Å²) in [5.74, 6) is -2.49. The first-order chi connectivity index (χ1) is 9.68. The highest BCUT2D eigenvalue weighted by atomic mass is 19.4. The Kier molecular flexibility index (Phi) is 4.82. The van der Waals surface area contributed by atoms with E-state index in [4.69, 9.17) is 5.53 Å². The fourth-order valence-electron chi connectivity index (χ4n) is 1.59. The second-order valence-corrected chi connectivity index (χ2v) is 3.88. The molecule has 1 aromatic carbocycles. The number of aliphatic hydroxyl groups is 1. The number of halogens is 4. The zero-order chi connectivity index (χ0) is 16.3. The second-order valence-electron chi connectivity index (χ2n) is 3.88. The quantitative estimate of drug-likeness (QED) is 0.303. The number of esters is 1. The standard InChI is InChI=1S/C12H10F4N2O3/c1-2-21-10(19)9(18-17)11(20,12(14,15)16)7-3-5-8(13)6-4-7/h3-6,20H,2H2,1H3. The van der Waals surface area contributed by atoms with E-state index in [2.05, 4.69) is 9.53 Å². The van der Waals surface area contributed by atoms with Crippen molar-refractivity contribution < 1.29 is 37.0 Å². The summed E-state index contributed by atoms with van der Waals surface area (Å²) in [5.41, 5.74) is 2.21. The van der Waals surface area contributed by atoms with Gasteiger partial charge >= 0.3 is 17.9 Å². The first-order valence-corrected chi connectivity index (χ1v) is 5.63. The third-order valence-electron chi connectivity index (χ3n) is 2.58. The lowest BCUT2D eigenvalue weighted by Crippen LogP contribution is -2.53. The van der Waals surface area contributed by atoms with E-state index in [9.17, 15) is 27.5 Å². The van der Waals surface area contributed by atoms with Crippen molar-refractivity contribution in [3.63, 3.8) is 0 Å². The van der Waals surface area contributed by atoms with Crippen LogP contribution in [0.4, 0.5) is 17.6 Å². The molecule has 0 amide bonds. The van der Waals surface area contributed by atoms with E-state index in [1.54, 1.807) is 0 Å². The molecule has 1 unspecified atom stereocenters. The van der Waals surface area contributed by atoms with Gasteiger partial charge in [0.25, 0.3) is 5.60 Å². The lowest BCUT2D eigenvalue weighted by Gasteiger charge is -2.25. The molecule has 21 heavy (non-hydrogen) atoms. The molecule has 0 aliphatic heterocycles. The van der Waals surface area contributed by atoms with Gasteiger partial charge in [0.15, 0.2) is 0 Å². The molecule has 0 spiro atoms. The van der Waals surface area contributed by atoms with Crippen molar-refractivity contribution in [3.8, 4) is 0 Å². The van der Waals surface area contributed by atoms with Gasteiger partial charge in [0, 0.05) is 5.56 Å². The Morgan fingerprint density at radius 2 is 1.86 bits per heavy atom. The molecule has 1 atom stereocenters. The van der Waals surface area contributed by atoms with Gasteiger partial charge in [-0.15, -0.1) is 0 Å². The Labute approximate surface area is 116 Å². The maximum atomic E-state index is 13.2. The van der Waals surface area contributed by atoms with Crippen LogP contribution in [0.5, 0.6) is 0 Å². The molecule has 0 saturated heterocycles. The Bertz CT molecular complexity index is 579. The molecule has 0 fully saturated rings. The molecular weight excluding hydrogens is 296 g/mol. The zero-order valence-corrected chi connectivity index (χ0v) is 10.7. The average Bonchev–Trinajstić information content (AvgIpc) is 2.39. The van der Waals surface area contributed by atoms with Gasteiger partial charge in [-0.25, -0.2) is 9.18 Å². The first kappa shape index (κ1) is 16.8. The predicted molar refractivity (Wildman–Crippen MR) is 61.6 cm³/mol. The van der Waals surface area contributed by atoms with Crippen LogP contribution < -0.4 is 0 Å². The minimum absolute atomic E-state index is 0.296. The maximum Gasteiger partial charge on any atom is 0.433 e. The number of carbonyl (C=O) groups excluding carboxylic acids is 1. The van der Waals surface area contributed by atoms with Crippen LogP contribution in [0.15, 0.2) is 24.3 Å². The van der Waals surface area contributed by atoms with Crippen molar-refractivity contribution in [2.45, 2.75) is 18.7 Å². The van der Waals surface area contributed by atoms with Crippen molar-refractivity contribution in [2.24, 2.45) is 0 Å².